The van der Waals surface area contributed by atoms with Crippen molar-refractivity contribution in [2.24, 2.45) is 0 Å². The van der Waals surface area contributed by atoms with Crippen LogP contribution < -0.4 is 0 Å². The number of aliphatic carboxylic acids is 1. The second-order valence-corrected chi connectivity index (χ2v) is 8.62. The van der Waals surface area contributed by atoms with Crippen molar-refractivity contribution in [1.82, 2.24) is 4.31 Å². The zero-order valence-corrected chi connectivity index (χ0v) is 14.9. The molecule has 0 bridgehead atoms. The zero-order valence-electron chi connectivity index (χ0n) is 14.1. The van der Waals surface area contributed by atoms with Gasteiger partial charge in [-0.05, 0) is 37.0 Å². The average Bonchev–Trinajstić information content (AvgIpc) is 3.33. The molecular formula is C16H20F3NO5S. The summed E-state index contributed by atoms with van der Waals surface area (Å²) in [7, 11) is -2.50. The molecule has 26 heavy (non-hydrogen) atoms. The van der Waals surface area contributed by atoms with Gasteiger partial charge in [-0.1, -0.05) is 12.1 Å². The molecule has 0 radical (unpaired) electrons. The molecule has 1 aliphatic rings. The first kappa shape index (κ1) is 20.7. The third-order valence-corrected chi connectivity index (χ3v) is 7.05. The molecule has 1 saturated carbocycles. The summed E-state index contributed by atoms with van der Waals surface area (Å²) in [6.07, 6.45) is -3.44. The van der Waals surface area contributed by atoms with Crippen molar-refractivity contribution in [2.75, 3.05) is 20.3 Å². The van der Waals surface area contributed by atoms with E-state index in [1.54, 1.807) is 0 Å². The molecule has 1 aliphatic carbocycles. The van der Waals surface area contributed by atoms with Crippen LogP contribution in [-0.4, -0.2) is 48.8 Å². The average molecular weight is 395 g/mol. The summed E-state index contributed by atoms with van der Waals surface area (Å²) in [4.78, 5) is 11.1. The Bertz CT molecular complexity index is 742. The Morgan fingerprint density at radius 2 is 1.85 bits per heavy atom. The highest BCUT2D eigenvalue weighted by molar-refractivity contribution is 7.90. The summed E-state index contributed by atoms with van der Waals surface area (Å²) in [6.45, 7) is -0.833. The summed E-state index contributed by atoms with van der Waals surface area (Å²) in [5, 5.41) is 9.06. The molecule has 0 heterocycles. The minimum atomic E-state index is -4.50. The van der Waals surface area contributed by atoms with Crippen LogP contribution in [0.2, 0.25) is 0 Å². The molecule has 1 fully saturated rings. The second-order valence-electron chi connectivity index (χ2n) is 6.29. The number of hydrogen-bond donors (Lipinski definition) is 1. The fourth-order valence-electron chi connectivity index (χ4n) is 2.72. The van der Waals surface area contributed by atoms with Gasteiger partial charge in [-0.25, -0.2) is 8.42 Å². The zero-order chi connectivity index (χ0) is 19.6. The Kier molecular flexibility index (Phi) is 5.99. The van der Waals surface area contributed by atoms with Crippen molar-refractivity contribution >= 4 is 16.0 Å². The smallest absolute Gasteiger partial charge is 0.416 e. The number of ether oxygens (including phenoxy) is 1. The van der Waals surface area contributed by atoms with Crippen LogP contribution in [-0.2, 0) is 32.3 Å². The molecule has 0 aliphatic heterocycles. The maximum Gasteiger partial charge on any atom is 0.416 e. The summed E-state index contributed by atoms with van der Waals surface area (Å²) in [5.74, 6) is -1.33. The highest BCUT2D eigenvalue weighted by atomic mass is 32.2. The van der Waals surface area contributed by atoms with Crippen molar-refractivity contribution in [3.8, 4) is 0 Å². The second kappa shape index (κ2) is 7.53. The Balaban J connectivity index is 2.24. The number of methoxy groups -OCH3 is 1. The lowest BCUT2D eigenvalue weighted by molar-refractivity contribution is -0.138. The molecule has 0 atom stereocenters. The first-order valence-corrected chi connectivity index (χ1v) is 9.32. The summed E-state index contributed by atoms with van der Waals surface area (Å²) >= 11 is 0. The lowest BCUT2D eigenvalue weighted by Crippen LogP contribution is -2.43. The van der Waals surface area contributed by atoms with E-state index in [-0.39, 0.29) is 25.1 Å². The largest absolute Gasteiger partial charge is 0.480 e. The molecule has 0 saturated heterocycles. The van der Waals surface area contributed by atoms with E-state index < -0.39 is 39.0 Å². The first-order chi connectivity index (χ1) is 12.0. The Morgan fingerprint density at radius 1 is 1.27 bits per heavy atom. The van der Waals surface area contributed by atoms with Gasteiger partial charge in [-0.15, -0.1) is 0 Å². The molecule has 10 heteroatoms. The molecule has 1 aromatic carbocycles. The molecule has 0 amide bonds. The summed E-state index contributed by atoms with van der Waals surface area (Å²) in [6, 6.07) is 4.00. The lowest BCUT2D eigenvalue weighted by Gasteiger charge is -2.26. The molecule has 6 nitrogen and oxygen atoms in total. The number of nitrogens with zero attached hydrogens (tertiary/aromatic N) is 1. The molecule has 1 N–H and O–H groups in total. The quantitative estimate of drug-likeness (QED) is 0.695. The van der Waals surface area contributed by atoms with Crippen molar-refractivity contribution in [3.63, 3.8) is 0 Å². The van der Waals surface area contributed by atoms with Gasteiger partial charge >= 0.3 is 12.1 Å². The van der Waals surface area contributed by atoms with E-state index in [2.05, 4.69) is 0 Å². The predicted molar refractivity (Wildman–Crippen MR) is 86.9 cm³/mol. The van der Waals surface area contributed by atoms with Gasteiger partial charge in [0.25, 0.3) is 0 Å². The topological polar surface area (TPSA) is 83.9 Å². The molecule has 0 aromatic heterocycles. The van der Waals surface area contributed by atoms with E-state index in [4.69, 9.17) is 9.84 Å². The molecule has 1 aromatic rings. The van der Waals surface area contributed by atoms with Gasteiger partial charge < -0.3 is 9.84 Å². The van der Waals surface area contributed by atoms with Crippen LogP contribution in [0.5, 0.6) is 0 Å². The fourth-order valence-corrected chi connectivity index (χ4v) is 4.82. The normalized spacial score (nSPS) is 16.7. The van der Waals surface area contributed by atoms with Crippen LogP contribution in [0.15, 0.2) is 24.3 Å². The minimum absolute atomic E-state index is 0.223. The lowest BCUT2D eigenvalue weighted by atomic mass is 10.1. The SMILES string of the molecule is COCCC1(S(=O)(=O)N(CC(=O)O)Cc2ccc(C(F)(F)F)cc2)CC1. The van der Waals surface area contributed by atoms with E-state index in [9.17, 15) is 26.4 Å². The van der Waals surface area contributed by atoms with Gasteiger partial charge in [0.2, 0.25) is 10.0 Å². The Hall–Kier alpha value is -1.65. The van der Waals surface area contributed by atoms with E-state index >= 15 is 0 Å². The van der Waals surface area contributed by atoms with E-state index in [1.807, 2.05) is 0 Å². The highest BCUT2D eigenvalue weighted by Crippen LogP contribution is 2.48. The number of alkyl halides is 3. The van der Waals surface area contributed by atoms with Gasteiger partial charge in [0.05, 0.1) is 10.3 Å². The van der Waals surface area contributed by atoms with Crippen LogP contribution >= 0.6 is 0 Å². The predicted octanol–water partition coefficient (Wildman–Crippen LogP) is 2.49. The van der Waals surface area contributed by atoms with E-state index in [0.29, 0.717) is 12.8 Å². The Labute approximate surface area is 149 Å². The van der Waals surface area contributed by atoms with Gasteiger partial charge in [0.15, 0.2) is 0 Å². The van der Waals surface area contributed by atoms with Crippen LogP contribution in [0.3, 0.4) is 0 Å². The third-order valence-electron chi connectivity index (χ3n) is 4.41. The standard InChI is InChI=1S/C16H20F3NO5S/c1-25-9-8-15(6-7-15)26(23,24)20(11-14(21)22)10-12-2-4-13(5-3-12)16(17,18)19/h2-5H,6-11H2,1H3,(H,21,22). The summed E-state index contributed by atoms with van der Waals surface area (Å²) in [5.41, 5.74) is -0.571. The number of carbonyl (C=O) groups is 1. The third kappa shape index (κ3) is 4.54. The highest BCUT2D eigenvalue weighted by Gasteiger charge is 2.56. The first-order valence-electron chi connectivity index (χ1n) is 7.88. The van der Waals surface area contributed by atoms with Crippen LogP contribution in [0.4, 0.5) is 13.2 Å². The molecule has 2 rings (SSSR count). The van der Waals surface area contributed by atoms with Crippen molar-refractivity contribution in [2.45, 2.75) is 36.7 Å². The van der Waals surface area contributed by atoms with Gasteiger partial charge in [-0.2, -0.15) is 17.5 Å². The van der Waals surface area contributed by atoms with Crippen LogP contribution in [0.1, 0.15) is 30.4 Å². The van der Waals surface area contributed by atoms with Crippen molar-refractivity contribution in [3.05, 3.63) is 35.4 Å². The van der Waals surface area contributed by atoms with E-state index in [0.717, 1.165) is 28.6 Å². The Morgan fingerprint density at radius 3 is 2.27 bits per heavy atom. The maximum absolute atomic E-state index is 12.9. The number of benzene rings is 1. The molecule has 146 valence electrons. The summed E-state index contributed by atoms with van der Waals surface area (Å²) < 4.78 is 68.4. The molecule has 0 unspecified atom stereocenters. The monoisotopic (exact) mass is 395 g/mol. The fraction of sp³-hybridized carbons (Fsp3) is 0.562. The molecular weight excluding hydrogens is 375 g/mol. The van der Waals surface area contributed by atoms with Crippen molar-refractivity contribution < 1.29 is 36.2 Å². The van der Waals surface area contributed by atoms with Crippen LogP contribution in [0.25, 0.3) is 0 Å². The molecule has 0 spiro atoms. The van der Waals surface area contributed by atoms with E-state index in [1.165, 1.54) is 7.11 Å². The van der Waals surface area contributed by atoms with Gasteiger partial charge in [0.1, 0.15) is 6.54 Å². The number of hydrogen-bond acceptors (Lipinski definition) is 4. The number of carboxylic acid groups (broad SMARTS) is 1. The van der Waals surface area contributed by atoms with Gasteiger partial charge in [-0.3, -0.25) is 4.79 Å². The number of sulfonamides is 1. The maximum atomic E-state index is 12.9. The van der Waals surface area contributed by atoms with Gasteiger partial charge in [0, 0.05) is 20.3 Å². The number of halogens is 3. The van der Waals surface area contributed by atoms with Crippen molar-refractivity contribution in [1.29, 1.82) is 0 Å². The van der Waals surface area contributed by atoms with Crippen LogP contribution in [0, 0.1) is 0 Å². The minimum Gasteiger partial charge on any atom is -0.480 e. The number of carboxylic acids is 1. The number of rotatable bonds is 9.